The van der Waals surface area contributed by atoms with Gasteiger partial charge in [-0.2, -0.15) is 0 Å². The number of aromatic nitrogens is 1. The minimum atomic E-state index is 0. The second kappa shape index (κ2) is 8.74. The van der Waals surface area contributed by atoms with Crippen LogP contribution in [0, 0.1) is 5.92 Å². The molecule has 108 valence electrons. The molecule has 1 atom stereocenters. The second-order valence-corrected chi connectivity index (χ2v) is 5.27. The first-order valence-electron chi connectivity index (χ1n) is 5.81. The quantitative estimate of drug-likeness (QED) is 0.869. The van der Waals surface area contributed by atoms with E-state index in [-0.39, 0.29) is 30.7 Å². The monoisotopic (exact) mass is 369 g/mol. The molecule has 1 fully saturated rings. The van der Waals surface area contributed by atoms with Gasteiger partial charge in [-0.1, -0.05) is 0 Å². The van der Waals surface area contributed by atoms with E-state index in [4.69, 9.17) is 5.73 Å². The van der Waals surface area contributed by atoms with Gasteiger partial charge in [-0.15, -0.1) is 24.8 Å². The number of carbonyl (C=O) groups is 1. The van der Waals surface area contributed by atoms with Crippen molar-refractivity contribution in [1.29, 1.82) is 0 Å². The summed E-state index contributed by atoms with van der Waals surface area (Å²) in [6, 6.07) is 3.59. The Morgan fingerprint density at radius 2 is 2.21 bits per heavy atom. The Bertz CT molecular complexity index is 402. The van der Waals surface area contributed by atoms with Gasteiger partial charge in [-0.05, 0) is 53.4 Å². The van der Waals surface area contributed by atoms with Crippen LogP contribution in [0.25, 0.3) is 0 Å². The van der Waals surface area contributed by atoms with Crippen LogP contribution in [0.4, 0.5) is 0 Å². The van der Waals surface area contributed by atoms with Gasteiger partial charge >= 0.3 is 0 Å². The summed E-state index contributed by atoms with van der Waals surface area (Å²) in [6.45, 7) is 2.22. The van der Waals surface area contributed by atoms with E-state index in [1.165, 1.54) is 0 Å². The van der Waals surface area contributed by atoms with Crippen LogP contribution in [0.15, 0.2) is 22.8 Å². The number of nitrogens with zero attached hydrogens (tertiary/aromatic N) is 2. The number of nitrogens with two attached hydrogens (primary N) is 1. The molecule has 19 heavy (non-hydrogen) atoms. The molecule has 7 heteroatoms. The molecule has 1 aromatic heterocycles. The van der Waals surface area contributed by atoms with Crippen LogP contribution in [-0.4, -0.2) is 35.4 Å². The highest BCUT2D eigenvalue weighted by Crippen LogP contribution is 2.17. The van der Waals surface area contributed by atoms with Gasteiger partial charge in [0.2, 0.25) is 0 Å². The van der Waals surface area contributed by atoms with Crippen LogP contribution >= 0.6 is 40.7 Å². The van der Waals surface area contributed by atoms with Crippen molar-refractivity contribution in [3.8, 4) is 0 Å². The summed E-state index contributed by atoms with van der Waals surface area (Å²) in [5, 5.41) is 0. The van der Waals surface area contributed by atoms with E-state index >= 15 is 0 Å². The fourth-order valence-electron chi connectivity index (χ4n) is 2.11. The van der Waals surface area contributed by atoms with Crippen molar-refractivity contribution in [3.05, 3.63) is 28.5 Å². The molecule has 1 aliphatic rings. The minimum absolute atomic E-state index is 0. The summed E-state index contributed by atoms with van der Waals surface area (Å²) in [5.41, 5.74) is 6.17. The maximum absolute atomic E-state index is 12.2. The topological polar surface area (TPSA) is 59.2 Å². The van der Waals surface area contributed by atoms with Gasteiger partial charge in [-0.3, -0.25) is 4.79 Å². The van der Waals surface area contributed by atoms with E-state index in [1.54, 1.807) is 12.3 Å². The zero-order valence-electron chi connectivity index (χ0n) is 10.4. The molecule has 4 nitrogen and oxygen atoms in total. The Labute approximate surface area is 134 Å². The smallest absolute Gasteiger partial charge is 0.272 e. The summed E-state index contributed by atoms with van der Waals surface area (Å²) >= 11 is 3.31. The highest BCUT2D eigenvalue weighted by molar-refractivity contribution is 9.10. The third-order valence-corrected chi connectivity index (χ3v) is 3.56. The van der Waals surface area contributed by atoms with Crippen molar-refractivity contribution < 1.29 is 4.79 Å². The number of amides is 1. The first-order chi connectivity index (χ1) is 8.20. The van der Waals surface area contributed by atoms with Gasteiger partial charge in [0.15, 0.2) is 0 Å². The lowest BCUT2D eigenvalue weighted by molar-refractivity contribution is 0.0672. The molecule has 1 unspecified atom stereocenters. The number of carbonyl (C=O) groups excluding carboxylic acids is 1. The van der Waals surface area contributed by atoms with Crippen molar-refractivity contribution in [3.63, 3.8) is 0 Å². The molecule has 1 aromatic rings. The van der Waals surface area contributed by atoms with Gasteiger partial charge in [-0.25, -0.2) is 4.98 Å². The fourth-order valence-corrected chi connectivity index (χ4v) is 2.34. The molecule has 1 aliphatic heterocycles. The van der Waals surface area contributed by atoms with Gasteiger partial charge in [0.05, 0.1) is 0 Å². The van der Waals surface area contributed by atoms with E-state index in [0.29, 0.717) is 18.2 Å². The van der Waals surface area contributed by atoms with E-state index in [1.807, 2.05) is 11.0 Å². The molecule has 0 spiro atoms. The van der Waals surface area contributed by atoms with E-state index in [0.717, 1.165) is 30.4 Å². The zero-order valence-corrected chi connectivity index (χ0v) is 13.6. The number of halogens is 3. The van der Waals surface area contributed by atoms with Crippen molar-refractivity contribution in [1.82, 2.24) is 9.88 Å². The van der Waals surface area contributed by atoms with Crippen LogP contribution in [0.5, 0.6) is 0 Å². The minimum Gasteiger partial charge on any atom is -0.337 e. The molecule has 0 saturated carbocycles. The van der Waals surface area contributed by atoms with Crippen LogP contribution in [0.3, 0.4) is 0 Å². The lowest BCUT2D eigenvalue weighted by Gasteiger charge is -2.31. The number of hydrogen-bond donors (Lipinski definition) is 1. The molecule has 2 rings (SSSR count). The number of hydrogen-bond acceptors (Lipinski definition) is 3. The predicted molar refractivity (Wildman–Crippen MR) is 84.1 cm³/mol. The van der Waals surface area contributed by atoms with Crippen LogP contribution in [-0.2, 0) is 0 Å². The summed E-state index contributed by atoms with van der Waals surface area (Å²) in [4.78, 5) is 18.2. The Morgan fingerprint density at radius 1 is 1.47 bits per heavy atom. The Morgan fingerprint density at radius 3 is 2.79 bits per heavy atom. The van der Waals surface area contributed by atoms with Crippen molar-refractivity contribution in [2.75, 3.05) is 19.6 Å². The SMILES string of the molecule is Cl.Cl.NCC1CCCN(C(=O)c2ccc(Br)cn2)C1. The fraction of sp³-hybridized carbons (Fsp3) is 0.500. The average Bonchev–Trinajstić information content (AvgIpc) is 2.39. The van der Waals surface area contributed by atoms with E-state index < -0.39 is 0 Å². The van der Waals surface area contributed by atoms with Gasteiger partial charge < -0.3 is 10.6 Å². The molecule has 0 bridgehead atoms. The second-order valence-electron chi connectivity index (χ2n) is 4.36. The van der Waals surface area contributed by atoms with Gasteiger partial charge in [0.25, 0.3) is 5.91 Å². The molecular formula is C12H18BrCl2N3O. The molecule has 1 saturated heterocycles. The standard InChI is InChI=1S/C12H16BrN3O.2ClH/c13-10-3-4-11(15-7-10)12(17)16-5-1-2-9(6-14)8-16;;/h3-4,7,9H,1-2,5-6,8,14H2;2*1H. The van der Waals surface area contributed by atoms with Gasteiger partial charge in [0, 0.05) is 23.8 Å². The Balaban J connectivity index is 0.00000162. The normalized spacial score (nSPS) is 18.2. The summed E-state index contributed by atoms with van der Waals surface area (Å²) in [5.74, 6) is 0.443. The first kappa shape index (κ1) is 18.6. The average molecular weight is 371 g/mol. The number of piperidine rings is 1. The highest BCUT2D eigenvalue weighted by Gasteiger charge is 2.24. The van der Waals surface area contributed by atoms with Crippen LogP contribution in [0.1, 0.15) is 23.3 Å². The number of likely N-dealkylation sites (tertiary alicyclic amines) is 1. The van der Waals surface area contributed by atoms with Gasteiger partial charge in [0.1, 0.15) is 5.69 Å². The van der Waals surface area contributed by atoms with Crippen LogP contribution in [0.2, 0.25) is 0 Å². The maximum atomic E-state index is 12.2. The van der Waals surface area contributed by atoms with Crippen molar-refractivity contribution in [2.45, 2.75) is 12.8 Å². The zero-order chi connectivity index (χ0) is 12.3. The maximum Gasteiger partial charge on any atom is 0.272 e. The molecule has 2 N–H and O–H groups in total. The Hall–Kier alpha value is -0.360. The molecule has 0 aromatic carbocycles. The van der Waals surface area contributed by atoms with Crippen LogP contribution < -0.4 is 5.73 Å². The predicted octanol–water partition coefficient (Wildman–Crippen LogP) is 2.50. The molecular weight excluding hydrogens is 353 g/mol. The molecule has 0 radical (unpaired) electrons. The molecule has 0 aliphatic carbocycles. The Kier molecular flexibility index (Phi) is 8.57. The number of pyridine rings is 1. The highest BCUT2D eigenvalue weighted by atomic mass is 79.9. The summed E-state index contributed by atoms with van der Waals surface area (Å²) < 4.78 is 0.882. The summed E-state index contributed by atoms with van der Waals surface area (Å²) in [7, 11) is 0. The summed E-state index contributed by atoms with van der Waals surface area (Å²) in [6.07, 6.45) is 3.80. The lowest BCUT2D eigenvalue weighted by Crippen LogP contribution is -2.42. The molecule has 2 heterocycles. The number of rotatable bonds is 2. The van der Waals surface area contributed by atoms with E-state index in [9.17, 15) is 4.79 Å². The van der Waals surface area contributed by atoms with Crippen molar-refractivity contribution >= 4 is 46.7 Å². The molecule has 1 amide bonds. The van der Waals surface area contributed by atoms with E-state index in [2.05, 4.69) is 20.9 Å². The third kappa shape index (κ3) is 4.91. The van der Waals surface area contributed by atoms with Crippen molar-refractivity contribution in [2.24, 2.45) is 11.7 Å². The largest absolute Gasteiger partial charge is 0.337 e. The first-order valence-corrected chi connectivity index (χ1v) is 6.61. The lowest BCUT2D eigenvalue weighted by atomic mass is 9.98. The third-order valence-electron chi connectivity index (χ3n) is 3.09.